The quantitative estimate of drug-likeness (QED) is 0.628. The topological polar surface area (TPSA) is 25.8 Å². The molecule has 100 valence electrons. The molecule has 0 aliphatic carbocycles. The molecule has 1 heterocycles. The molecule has 0 aliphatic heterocycles. The zero-order valence-electron chi connectivity index (χ0n) is 11.7. The number of benzene rings is 2. The van der Waals surface area contributed by atoms with E-state index in [9.17, 15) is 0 Å². The Bertz CT molecular complexity index is 811. The lowest BCUT2D eigenvalue weighted by Gasteiger charge is -2.00. The van der Waals surface area contributed by atoms with E-state index in [1.54, 1.807) is 12.4 Å². The molecule has 0 spiro atoms. The van der Waals surface area contributed by atoms with Crippen LogP contribution in [0.5, 0.6) is 0 Å². The van der Waals surface area contributed by atoms with Gasteiger partial charge in [0, 0.05) is 29.1 Å². The normalized spacial score (nSPS) is 9.76. The summed E-state index contributed by atoms with van der Waals surface area (Å²) < 4.78 is 0. The highest BCUT2D eigenvalue weighted by atomic mass is 14.8. The lowest BCUT2D eigenvalue weighted by atomic mass is 10.1. The van der Waals surface area contributed by atoms with Crippen LogP contribution in [0.4, 0.5) is 0 Å². The van der Waals surface area contributed by atoms with Gasteiger partial charge in [0.25, 0.3) is 0 Å². The number of aromatic nitrogens is 2. The largest absolute Gasteiger partial charge is 0.244 e. The maximum absolute atomic E-state index is 4.05. The molecule has 3 aromatic rings. The van der Waals surface area contributed by atoms with E-state index in [0.717, 1.165) is 22.3 Å². The summed E-state index contributed by atoms with van der Waals surface area (Å²) in [6.45, 7) is 2.07. The Labute approximate surface area is 124 Å². The lowest BCUT2D eigenvalue weighted by Crippen LogP contribution is -1.83. The highest BCUT2D eigenvalue weighted by molar-refractivity contribution is 5.63. The van der Waals surface area contributed by atoms with E-state index in [4.69, 9.17) is 0 Å². The predicted molar refractivity (Wildman–Crippen MR) is 84.6 cm³/mol. The van der Waals surface area contributed by atoms with Gasteiger partial charge in [0.15, 0.2) is 0 Å². The second kappa shape index (κ2) is 6.02. The Hall–Kier alpha value is -2.92. The molecule has 0 unspecified atom stereocenters. The summed E-state index contributed by atoms with van der Waals surface area (Å²) in [6, 6.07) is 16.3. The summed E-state index contributed by atoms with van der Waals surface area (Å²) in [7, 11) is 0. The number of hydrogen-bond donors (Lipinski definition) is 0. The van der Waals surface area contributed by atoms with Crippen LogP contribution < -0.4 is 0 Å². The summed E-state index contributed by atoms with van der Waals surface area (Å²) in [6.07, 6.45) is 5.14. The Morgan fingerprint density at radius 1 is 0.762 bits per heavy atom. The minimum absolute atomic E-state index is 0.984. The fourth-order valence-corrected chi connectivity index (χ4v) is 2.09. The van der Waals surface area contributed by atoms with Gasteiger partial charge in [0.1, 0.15) is 6.33 Å². The molecule has 2 aromatic carbocycles. The number of rotatable bonds is 1. The van der Waals surface area contributed by atoms with Crippen molar-refractivity contribution in [3.05, 3.63) is 83.9 Å². The molecular weight excluding hydrogens is 256 g/mol. The van der Waals surface area contributed by atoms with Crippen molar-refractivity contribution in [1.82, 2.24) is 9.97 Å². The van der Waals surface area contributed by atoms with Crippen molar-refractivity contribution in [2.75, 3.05) is 0 Å². The minimum atomic E-state index is 0.984. The van der Waals surface area contributed by atoms with Gasteiger partial charge >= 0.3 is 0 Å². The van der Waals surface area contributed by atoms with Crippen molar-refractivity contribution < 1.29 is 0 Å². The third kappa shape index (κ3) is 3.34. The standard InChI is InChI=1S/C19H14N2/c1-15-4-2-5-16(10-15)8-9-17-6-3-7-18(11-17)19-12-20-14-21-13-19/h2-7,10-14H,1H3. The molecule has 0 saturated heterocycles. The average molecular weight is 270 g/mol. The predicted octanol–water partition coefficient (Wildman–Crippen LogP) is 3.85. The molecule has 2 nitrogen and oxygen atoms in total. The van der Waals surface area contributed by atoms with E-state index < -0.39 is 0 Å². The van der Waals surface area contributed by atoms with Crippen molar-refractivity contribution in [1.29, 1.82) is 0 Å². The molecule has 3 rings (SSSR count). The minimum Gasteiger partial charge on any atom is -0.244 e. The lowest BCUT2D eigenvalue weighted by molar-refractivity contribution is 1.17. The zero-order chi connectivity index (χ0) is 14.5. The van der Waals surface area contributed by atoms with Crippen LogP contribution in [0, 0.1) is 18.8 Å². The van der Waals surface area contributed by atoms with Gasteiger partial charge in [-0.1, -0.05) is 36.1 Å². The van der Waals surface area contributed by atoms with E-state index in [0.29, 0.717) is 0 Å². The van der Waals surface area contributed by atoms with Crippen LogP contribution in [-0.2, 0) is 0 Å². The fraction of sp³-hybridized carbons (Fsp3) is 0.0526. The van der Waals surface area contributed by atoms with Crippen LogP contribution in [0.3, 0.4) is 0 Å². The van der Waals surface area contributed by atoms with Crippen molar-refractivity contribution in [3.63, 3.8) is 0 Å². The maximum atomic E-state index is 4.05. The van der Waals surface area contributed by atoms with Crippen LogP contribution in [0.2, 0.25) is 0 Å². The molecule has 2 heteroatoms. The van der Waals surface area contributed by atoms with Gasteiger partial charge in [0.05, 0.1) is 0 Å². The van der Waals surface area contributed by atoms with E-state index in [1.807, 2.05) is 30.3 Å². The van der Waals surface area contributed by atoms with E-state index in [-0.39, 0.29) is 0 Å². The van der Waals surface area contributed by atoms with E-state index in [2.05, 4.69) is 46.9 Å². The first-order chi connectivity index (χ1) is 10.3. The second-order valence-electron chi connectivity index (χ2n) is 4.83. The third-order valence-corrected chi connectivity index (χ3v) is 3.13. The van der Waals surface area contributed by atoms with Crippen LogP contribution in [0.15, 0.2) is 67.3 Å². The van der Waals surface area contributed by atoms with Gasteiger partial charge in [0.2, 0.25) is 0 Å². The second-order valence-corrected chi connectivity index (χ2v) is 4.83. The maximum Gasteiger partial charge on any atom is 0.115 e. The Morgan fingerprint density at radius 3 is 2.14 bits per heavy atom. The summed E-state index contributed by atoms with van der Waals surface area (Å²) in [5.74, 6) is 6.41. The molecule has 0 atom stereocenters. The van der Waals surface area contributed by atoms with Crippen molar-refractivity contribution in [2.24, 2.45) is 0 Å². The summed E-state index contributed by atoms with van der Waals surface area (Å²) >= 11 is 0. The molecule has 0 bridgehead atoms. The van der Waals surface area contributed by atoms with Crippen LogP contribution in [0.25, 0.3) is 11.1 Å². The van der Waals surface area contributed by atoms with Gasteiger partial charge in [-0.2, -0.15) is 0 Å². The Kier molecular flexibility index (Phi) is 3.75. The Morgan fingerprint density at radius 2 is 1.43 bits per heavy atom. The fourth-order valence-electron chi connectivity index (χ4n) is 2.09. The van der Waals surface area contributed by atoms with Gasteiger partial charge in [-0.3, -0.25) is 0 Å². The number of nitrogens with zero attached hydrogens (tertiary/aromatic N) is 2. The molecular formula is C19H14N2. The molecule has 0 saturated carbocycles. The average Bonchev–Trinajstić information content (AvgIpc) is 2.54. The SMILES string of the molecule is Cc1cccc(C#Cc2cccc(-c3cncnc3)c2)c1. The Balaban J connectivity index is 1.91. The highest BCUT2D eigenvalue weighted by Gasteiger charge is 1.98. The van der Waals surface area contributed by atoms with Crippen molar-refractivity contribution in [3.8, 4) is 23.0 Å². The summed E-state index contributed by atoms with van der Waals surface area (Å²) in [5, 5.41) is 0. The summed E-state index contributed by atoms with van der Waals surface area (Å²) in [5.41, 5.74) is 5.31. The first kappa shape index (κ1) is 13.1. The van der Waals surface area contributed by atoms with Crippen LogP contribution in [-0.4, -0.2) is 9.97 Å². The molecule has 0 aliphatic rings. The zero-order valence-corrected chi connectivity index (χ0v) is 11.7. The molecule has 0 amide bonds. The van der Waals surface area contributed by atoms with E-state index in [1.165, 1.54) is 11.9 Å². The van der Waals surface area contributed by atoms with Gasteiger partial charge in [-0.15, -0.1) is 0 Å². The van der Waals surface area contributed by atoms with Crippen LogP contribution >= 0.6 is 0 Å². The van der Waals surface area contributed by atoms with Crippen molar-refractivity contribution >= 4 is 0 Å². The summed E-state index contributed by atoms with van der Waals surface area (Å²) in [4.78, 5) is 8.09. The van der Waals surface area contributed by atoms with Gasteiger partial charge in [-0.25, -0.2) is 9.97 Å². The molecule has 0 fully saturated rings. The first-order valence-electron chi connectivity index (χ1n) is 6.75. The third-order valence-electron chi connectivity index (χ3n) is 3.13. The van der Waals surface area contributed by atoms with Crippen LogP contribution in [0.1, 0.15) is 16.7 Å². The highest BCUT2D eigenvalue weighted by Crippen LogP contribution is 2.18. The van der Waals surface area contributed by atoms with E-state index >= 15 is 0 Å². The molecule has 0 radical (unpaired) electrons. The smallest absolute Gasteiger partial charge is 0.115 e. The monoisotopic (exact) mass is 270 g/mol. The number of hydrogen-bond acceptors (Lipinski definition) is 2. The molecule has 1 aromatic heterocycles. The van der Waals surface area contributed by atoms with Crippen molar-refractivity contribution in [2.45, 2.75) is 6.92 Å². The number of aryl methyl sites for hydroxylation is 1. The van der Waals surface area contributed by atoms with Gasteiger partial charge in [-0.05, 0) is 42.3 Å². The molecule has 21 heavy (non-hydrogen) atoms. The first-order valence-corrected chi connectivity index (χ1v) is 6.75. The van der Waals surface area contributed by atoms with Gasteiger partial charge < -0.3 is 0 Å². The molecule has 0 N–H and O–H groups in total.